The standard InChI is InChI=1S/C13H19ClN2/c1-9(2)13(6-7-13)8-16-11-5-3-4-10(14)12(11)15/h3-5,9,16H,6-8,15H2,1-2H3. The molecule has 0 amide bonds. The zero-order valence-corrected chi connectivity index (χ0v) is 10.6. The number of halogens is 1. The summed E-state index contributed by atoms with van der Waals surface area (Å²) in [6.07, 6.45) is 2.64. The van der Waals surface area contributed by atoms with E-state index in [0.29, 0.717) is 16.1 Å². The van der Waals surface area contributed by atoms with E-state index in [0.717, 1.165) is 18.2 Å². The molecule has 0 spiro atoms. The first kappa shape index (κ1) is 11.6. The smallest absolute Gasteiger partial charge is 0.0739 e. The van der Waals surface area contributed by atoms with Crippen LogP contribution in [-0.2, 0) is 0 Å². The van der Waals surface area contributed by atoms with Gasteiger partial charge in [0.05, 0.1) is 16.4 Å². The maximum atomic E-state index is 5.98. The summed E-state index contributed by atoms with van der Waals surface area (Å²) in [6, 6.07) is 5.73. The molecule has 0 bridgehead atoms. The zero-order valence-electron chi connectivity index (χ0n) is 9.89. The topological polar surface area (TPSA) is 38.0 Å². The van der Waals surface area contributed by atoms with Crippen molar-refractivity contribution in [1.29, 1.82) is 0 Å². The molecular formula is C13H19ClN2. The first-order valence-electron chi connectivity index (χ1n) is 5.83. The van der Waals surface area contributed by atoms with Crippen molar-refractivity contribution in [3.05, 3.63) is 23.2 Å². The Morgan fingerprint density at radius 1 is 1.44 bits per heavy atom. The lowest BCUT2D eigenvalue weighted by molar-refractivity contribution is 0.380. The van der Waals surface area contributed by atoms with Gasteiger partial charge in [-0.25, -0.2) is 0 Å². The molecule has 0 heterocycles. The Hall–Kier alpha value is -0.890. The van der Waals surface area contributed by atoms with Crippen molar-refractivity contribution in [3.8, 4) is 0 Å². The number of para-hydroxylation sites is 1. The average molecular weight is 239 g/mol. The molecule has 1 fully saturated rings. The van der Waals surface area contributed by atoms with Crippen LogP contribution in [0.3, 0.4) is 0 Å². The van der Waals surface area contributed by atoms with E-state index < -0.39 is 0 Å². The quantitative estimate of drug-likeness (QED) is 0.784. The number of nitrogens with one attached hydrogen (secondary N) is 1. The molecule has 3 N–H and O–H groups in total. The third kappa shape index (κ3) is 2.12. The minimum absolute atomic E-state index is 0.481. The number of rotatable bonds is 4. The summed E-state index contributed by atoms with van der Waals surface area (Å²) in [4.78, 5) is 0. The molecule has 1 aliphatic carbocycles. The summed E-state index contributed by atoms with van der Waals surface area (Å²) < 4.78 is 0. The number of nitrogen functional groups attached to an aromatic ring is 1. The molecule has 0 aliphatic heterocycles. The Labute approximate surface area is 102 Å². The van der Waals surface area contributed by atoms with Crippen molar-refractivity contribution in [1.82, 2.24) is 0 Å². The van der Waals surface area contributed by atoms with Crippen molar-refractivity contribution in [2.24, 2.45) is 11.3 Å². The molecular weight excluding hydrogens is 220 g/mol. The molecule has 1 saturated carbocycles. The Balaban J connectivity index is 2.03. The molecule has 1 aromatic rings. The van der Waals surface area contributed by atoms with Crippen molar-refractivity contribution in [2.75, 3.05) is 17.6 Å². The second-order valence-corrected chi connectivity index (χ2v) is 5.48. The fourth-order valence-corrected chi connectivity index (χ4v) is 2.26. The Bertz CT molecular complexity index is 384. The number of benzene rings is 1. The summed E-state index contributed by atoms with van der Waals surface area (Å²) in [7, 11) is 0. The van der Waals surface area contributed by atoms with Gasteiger partial charge < -0.3 is 11.1 Å². The molecule has 0 atom stereocenters. The van der Waals surface area contributed by atoms with Crippen LogP contribution >= 0.6 is 11.6 Å². The van der Waals surface area contributed by atoms with Crippen molar-refractivity contribution < 1.29 is 0 Å². The van der Waals surface area contributed by atoms with Gasteiger partial charge in [0.1, 0.15) is 0 Å². The highest BCUT2D eigenvalue weighted by Crippen LogP contribution is 2.51. The van der Waals surface area contributed by atoms with Gasteiger partial charge in [0.25, 0.3) is 0 Å². The van der Waals surface area contributed by atoms with Gasteiger partial charge in [-0.1, -0.05) is 31.5 Å². The average Bonchev–Trinajstić information content (AvgIpc) is 3.01. The normalized spacial score (nSPS) is 17.5. The maximum absolute atomic E-state index is 5.98. The minimum atomic E-state index is 0.481. The molecule has 16 heavy (non-hydrogen) atoms. The van der Waals surface area contributed by atoms with Crippen LogP contribution in [0.2, 0.25) is 5.02 Å². The van der Waals surface area contributed by atoms with E-state index in [9.17, 15) is 0 Å². The lowest BCUT2D eigenvalue weighted by atomic mass is 9.92. The van der Waals surface area contributed by atoms with E-state index in [1.54, 1.807) is 0 Å². The highest BCUT2D eigenvalue weighted by Gasteiger charge is 2.44. The Kier molecular flexibility index (Phi) is 3.02. The van der Waals surface area contributed by atoms with Gasteiger partial charge in [0, 0.05) is 6.54 Å². The van der Waals surface area contributed by atoms with E-state index in [2.05, 4.69) is 19.2 Å². The molecule has 0 unspecified atom stereocenters. The molecule has 0 saturated heterocycles. The van der Waals surface area contributed by atoms with E-state index in [-0.39, 0.29) is 0 Å². The molecule has 1 aromatic carbocycles. The van der Waals surface area contributed by atoms with Gasteiger partial charge in [-0.05, 0) is 36.3 Å². The lowest BCUT2D eigenvalue weighted by Gasteiger charge is -2.21. The van der Waals surface area contributed by atoms with Crippen LogP contribution in [-0.4, -0.2) is 6.54 Å². The third-order valence-corrected chi connectivity index (χ3v) is 4.13. The molecule has 2 rings (SSSR count). The van der Waals surface area contributed by atoms with Crippen LogP contribution in [0.1, 0.15) is 26.7 Å². The van der Waals surface area contributed by atoms with Gasteiger partial charge in [-0.3, -0.25) is 0 Å². The monoisotopic (exact) mass is 238 g/mol. The van der Waals surface area contributed by atoms with E-state index in [1.807, 2.05) is 18.2 Å². The third-order valence-electron chi connectivity index (χ3n) is 3.80. The zero-order chi connectivity index (χ0) is 11.8. The van der Waals surface area contributed by atoms with Crippen molar-refractivity contribution in [2.45, 2.75) is 26.7 Å². The van der Waals surface area contributed by atoms with Crippen LogP contribution in [0, 0.1) is 11.3 Å². The van der Waals surface area contributed by atoms with Gasteiger partial charge in [-0.2, -0.15) is 0 Å². The van der Waals surface area contributed by atoms with Gasteiger partial charge in [-0.15, -0.1) is 0 Å². The largest absolute Gasteiger partial charge is 0.396 e. The lowest BCUT2D eigenvalue weighted by Crippen LogP contribution is -2.21. The molecule has 3 heteroatoms. The highest BCUT2D eigenvalue weighted by molar-refractivity contribution is 6.33. The second kappa shape index (κ2) is 4.17. The van der Waals surface area contributed by atoms with Crippen LogP contribution in [0.5, 0.6) is 0 Å². The van der Waals surface area contributed by atoms with Gasteiger partial charge >= 0.3 is 0 Å². The minimum Gasteiger partial charge on any atom is -0.396 e. The van der Waals surface area contributed by atoms with E-state index >= 15 is 0 Å². The summed E-state index contributed by atoms with van der Waals surface area (Å²) in [5.41, 5.74) is 8.01. The van der Waals surface area contributed by atoms with Gasteiger partial charge in [0.2, 0.25) is 0 Å². The van der Waals surface area contributed by atoms with Crippen molar-refractivity contribution in [3.63, 3.8) is 0 Å². The Morgan fingerprint density at radius 3 is 2.69 bits per heavy atom. The summed E-state index contributed by atoms with van der Waals surface area (Å²) in [5.74, 6) is 0.723. The first-order chi connectivity index (χ1) is 7.55. The maximum Gasteiger partial charge on any atom is 0.0739 e. The summed E-state index contributed by atoms with van der Waals surface area (Å²) in [5, 5.41) is 4.05. The van der Waals surface area contributed by atoms with E-state index in [4.69, 9.17) is 17.3 Å². The highest BCUT2D eigenvalue weighted by atomic mass is 35.5. The number of anilines is 2. The fraction of sp³-hybridized carbons (Fsp3) is 0.538. The second-order valence-electron chi connectivity index (χ2n) is 5.07. The van der Waals surface area contributed by atoms with Crippen LogP contribution in [0.25, 0.3) is 0 Å². The molecule has 0 radical (unpaired) electrons. The van der Waals surface area contributed by atoms with Crippen LogP contribution in [0.15, 0.2) is 18.2 Å². The van der Waals surface area contributed by atoms with Crippen molar-refractivity contribution >= 4 is 23.0 Å². The van der Waals surface area contributed by atoms with Crippen LogP contribution in [0.4, 0.5) is 11.4 Å². The first-order valence-corrected chi connectivity index (χ1v) is 6.21. The SMILES string of the molecule is CC(C)C1(CNc2cccc(Cl)c2N)CC1. The number of hydrogen-bond acceptors (Lipinski definition) is 2. The molecule has 1 aliphatic rings. The van der Waals surface area contributed by atoms with E-state index in [1.165, 1.54) is 12.8 Å². The summed E-state index contributed by atoms with van der Waals surface area (Å²) >= 11 is 5.98. The molecule has 2 nitrogen and oxygen atoms in total. The van der Waals surface area contributed by atoms with Gasteiger partial charge in [0.15, 0.2) is 0 Å². The molecule has 88 valence electrons. The predicted molar refractivity (Wildman–Crippen MR) is 70.9 cm³/mol. The summed E-state index contributed by atoms with van der Waals surface area (Å²) in [6.45, 7) is 5.57. The molecule has 0 aromatic heterocycles. The fourth-order valence-electron chi connectivity index (χ4n) is 2.08. The van der Waals surface area contributed by atoms with Crippen LogP contribution < -0.4 is 11.1 Å². The predicted octanol–water partition coefficient (Wildman–Crippen LogP) is 3.77. The number of nitrogens with two attached hydrogens (primary N) is 1. The number of hydrogen-bond donors (Lipinski definition) is 2. The Morgan fingerprint density at radius 2 is 2.12 bits per heavy atom.